The average Bonchev–Trinajstić information content (AvgIpc) is 3.45. The fraction of sp³-hybridized carbons (Fsp3) is 0.120. The number of phenols is 2. The van der Waals surface area contributed by atoms with Gasteiger partial charge in [-0.1, -0.05) is 24.3 Å². The first kappa shape index (κ1) is 20.4. The topological polar surface area (TPSA) is 108 Å². The van der Waals surface area contributed by atoms with Crippen LogP contribution >= 0.6 is 0 Å². The van der Waals surface area contributed by atoms with Gasteiger partial charge in [-0.05, 0) is 54.1 Å². The molecule has 5 rings (SSSR count). The quantitative estimate of drug-likeness (QED) is 0.374. The lowest BCUT2D eigenvalue weighted by Gasteiger charge is -2.23. The number of hydrazone groups is 1. The molecule has 0 fully saturated rings. The minimum absolute atomic E-state index is 0.0118. The summed E-state index contributed by atoms with van der Waals surface area (Å²) in [6.07, 6.45) is 0.413. The van der Waals surface area contributed by atoms with Gasteiger partial charge >= 0.3 is 6.03 Å². The zero-order chi connectivity index (χ0) is 22.9. The summed E-state index contributed by atoms with van der Waals surface area (Å²) in [6, 6.07) is 19.8. The molecule has 0 radical (unpaired) electrons. The number of phenolic OH excluding ortho intramolecular Hbond substituents is 2. The smallest absolute Gasteiger partial charge is 0.342 e. The van der Waals surface area contributed by atoms with Crippen molar-refractivity contribution >= 4 is 28.4 Å². The van der Waals surface area contributed by atoms with Gasteiger partial charge in [0.25, 0.3) is 0 Å². The summed E-state index contributed by atoms with van der Waals surface area (Å²) < 4.78 is 11.2. The molecule has 0 bridgehead atoms. The fourth-order valence-corrected chi connectivity index (χ4v) is 3.86. The number of rotatable bonds is 4. The third-order valence-corrected chi connectivity index (χ3v) is 5.54. The van der Waals surface area contributed by atoms with E-state index in [-0.39, 0.29) is 11.5 Å². The number of methoxy groups -OCH3 is 1. The number of carbonyl (C=O) groups excluding carboxylic acids is 1. The number of aromatic hydroxyl groups is 2. The molecule has 0 saturated carbocycles. The zero-order valence-corrected chi connectivity index (χ0v) is 17.7. The number of ether oxygens (including phenoxy) is 1. The second kappa shape index (κ2) is 8.23. The van der Waals surface area contributed by atoms with Crippen LogP contribution < -0.4 is 10.1 Å². The van der Waals surface area contributed by atoms with E-state index >= 15 is 0 Å². The Morgan fingerprint density at radius 2 is 1.88 bits per heavy atom. The predicted octanol–water partition coefficient (Wildman–Crippen LogP) is 5.24. The van der Waals surface area contributed by atoms with Crippen LogP contribution in [0.5, 0.6) is 17.2 Å². The molecule has 0 saturated heterocycles. The summed E-state index contributed by atoms with van der Waals surface area (Å²) in [5.74, 6) is 1.02. The van der Waals surface area contributed by atoms with Crippen molar-refractivity contribution in [1.29, 1.82) is 0 Å². The van der Waals surface area contributed by atoms with Gasteiger partial charge in [-0.15, -0.1) is 0 Å². The third-order valence-electron chi connectivity index (χ3n) is 5.54. The number of urea groups is 1. The van der Waals surface area contributed by atoms with Crippen molar-refractivity contribution in [2.75, 3.05) is 12.4 Å². The number of fused-ring (bicyclic) bond motifs is 1. The SMILES string of the molecule is COc1cc(C2CC(c3cc4ccccc4o3)=NN2C(=O)Nc2ccc(O)cc2)ccc1O. The van der Waals surface area contributed by atoms with E-state index in [1.165, 1.54) is 30.3 Å². The molecule has 1 unspecified atom stereocenters. The van der Waals surface area contributed by atoms with Crippen LogP contribution in [0, 0.1) is 0 Å². The Balaban J connectivity index is 1.51. The Morgan fingerprint density at radius 1 is 1.09 bits per heavy atom. The van der Waals surface area contributed by atoms with Gasteiger partial charge in [0.2, 0.25) is 0 Å². The molecule has 0 spiro atoms. The molecule has 1 aromatic heterocycles. The highest BCUT2D eigenvalue weighted by Gasteiger charge is 2.35. The molecule has 2 amide bonds. The van der Waals surface area contributed by atoms with Gasteiger partial charge in [0.05, 0.1) is 13.2 Å². The molecule has 1 aliphatic rings. The molecule has 166 valence electrons. The van der Waals surface area contributed by atoms with E-state index in [9.17, 15) is 15.0 Å². The Labute approximate surface area is 189 Å². The number of para-hydroxylation sites is 1. The standard InChI is InChI=1S/C25H21N3O5/c1-32-24-12-15(6-11-21(24)30)20-14-19(23-13-16-4-2-3-5-22(16)33-23)27-28(20)25(31)26-17-7-9-18(29)10-8-17/h2-13,20,29-30H,14H2,1H3,(H,26,31). The Hall–Kier alpha value is -4.46. The highest BCUT2D eigenvalue weighted by Crippen LogP contribution is 2.38. The summed E-state index contributed by atoms with van der Waals surface area (Å²) in [6.45, 7) is 0. The second-order valence-electron chi connectivity index (χ2n) is 7.67. The number of anilines is 1. The van der Waals surface area contributed by atoms with Crippen LogP contribution in [0.4, 0.5) is 10.5 Å². The first-order chi connectivity index (χ1) is 16.0. The molecule has 3 aromatic carbocycles. The van der Waals surface area contributed by atoms with Crippen molar-refractivity contribution in [2.45, 2.75) is 12.5 Å². The van der Waals surface area contributed by atoms with Crippen LogP contribution in [0.3, 0.4) is 0 Å². The summed E-state index contributed by atoms with van der Waals surface area (Å²) >= 11 is 0. The lowest BCUT2D eigenvalue weighted by molar-refractivity contribution is 0.200. The number of nitrogens with one attached hydrogen (secondary N) is 1. The Kier molecular flexibility index (Phi) is 5.10. The van der Waals surface area contributed by atoms with Crippen molar-refractivity contribution in [2.24, 2.45) is 5.10 Å². The number of amides is 2. The van der Waals surface area contributed by atoms with Crippen LogP contribution in [0.1, 0.15) is 23.8 Å². The van der Waals surface area contributed by atoms with Crippen LogP contribution in [-0.4, -0.2) is 34.1 Å². The maximum absolute atomic E-state index is 13.2. The molecular formula is C25H21N3O5. The van der Waals surface area contributed by atoms with Crippen LogP contribution in [0.2, 0.25) is 0 Å². The molecular weight excluding hydrogens is 422 g/mol. The van der Waals surface area contributed by atoms with E-state index in [4.69, 9.17) is 9.15 Å². The van der Waals surface area contributed by atoms with Gasteiger partial charge in [-0.25, -0.2) is 9.80 Å². The number of hydrogen-bond donors (Lipinski definition) is 3. The molecule has 4 aromatic rings. The number of carbonyl (C=O) groups is 1. The number of nitrogens with zero attached hydrogens (tertiary/aromatic N) is 2. The molecule has 2 heterocycles. The normalized spacial score (nSPS) is 15.5. The van der Waals surface area contributed by atoms with E-state index in [1.54, 1.807) is 24.3 Å². The van der Waals surface area contributed by atoms with Gasteiger partial charge in [-0.2, -0.15) is 5.10 Å². The molecule has 8 heteroatoms. The summed E-state index contributed by atoms with van der Waals surface area (Å²) in [4.78, 5) is 13.2. The van der Waals surface area contributed by atoms with Crippen LogP contribution in [0.25, 0.3) is 11.0 Å². The highest BCUT2D eigenvalue weighted by atomic mass is 16.5. The molecule has 0 aliphatic carbocycles. The minimum atomic E-state index is -0.445. The van der Waals surface area contributed by atoms with E-state index < -0.39 is 12.1 Å². The number of furan rings is 1. The number of hydrogen-bond acceptors (Lipinski definition) is 6. The van der Waals surface area contributed by atoms with Gasteiger partial charge < -0.3 is 24.7 Å². The van der Waals surface area contributed by atoms with Crippen molar-refractivity contribution in [3.05, 3.63) is 84.1 Å². The number of benzene rings is 3. The van der Waals surface area contributed by atoms with E-state index in [0.29, 0.717) is 29.3 Å². The van der Waals surface area contributed by atoms with E-state index in [2.05, 4.69) is 10.4 Å². The molecule has 33 heavy (non-hydrogen) atoms. The third kappa shape index (κ3) is 3.94. The first-order valence-corrected chi connectivity index (χ1v) is 10.3. The maximum atomic E-state index is 13.2. The molecule has 8 nitrogen and oxygen atoms in total. The first-order valence-electron chi connectivity index (χ1n) is 10.3. The van der Waals surface area contributed by atoms with Crippen LogP contribution in [0.15, 0.2) is 82.3 Å². The lowest BCUT2D eigenvalue weighted by atomic mass is 10.0. The largest absolute Gasteiger partial charge is 0.508 e. The Bertz CT molecular complexity index is 1330. The van der Waals surface area contributed by atoms with Gasteiger partial charge in [-0.3, -0.25) is 0 Å². The summed E-state index contributed by atoms with van der Waals surface area (Å²) in [7, 11) is 1.47. The Morgan fingerprint density at radius 3 is 2.64 bits per heavy atom. The molecule has 1 aliphatic heterocycles. The minimum Gasteiger partial charge on any atom is -0.508 e. The van der Waals surface area contributed by atoms with Crippen molar-refractivity contribution < 1.29 is 24.2 Å². The second-order valence-corrected chi connectivity index (χ2v) is 7.67. The van der Waals surface area contributed by atoms with Crippen LogP contribution in [-0.2, 0) is 0 Å². The van der Waals surface area contributed by atoms with E-state index in [1.807, 2.05) is 30.3 Å². The van der Waals surface area contributed by atoms with Gasteiger partial charge in [0.1, 0.15) is 17.0 Å². The summed E-state index contributed by atoms with van der Waals surface area (Å²) in [5.41, 5.74) is 2.64. The van der Waals surface area contributed by atoms with Gasteiger partial charge in [0, 0.05) is 17.5 Å². The lowest BCUT2D eigenvalue weighted by Crippen LogP contribution is -2.31. The maximum Gasteiger partial charge on any atom is 0.342 e. The fourth-order valence-electron chi connectivity index (χ4n) is 3.86. The zero-order valence-electron chi connectivity index (χ0n) is 17.7. The van der Waals surface area contributed by atoms with E-state index in [0.717, 1.165) is 16.5 Å². The molecule has 3 N–H and O–H groups in total. The van der Waals surface area contributed by atoms with Crippen molar-refractivity contribution in [3.63, 3.8) is 0 Å². The van der Waals surface area contributed by atoms with Crippen molar-refractivity contribution in [3.8, 4) is 17.2 Å². The molecule has 1 atom stereocenters. The monoisotopic (exact) mass is 443 g/mol. The van der Waals surface area contributed by atoms with Gasteiger partial charge in [0.15, 0.2) is 17.3 Å². The predicted molar refractivity (Wildman–Crippen MR) is 124 cm³/mol. The average molecular weight is 443 g/mol. The highest BCUT2D eigenvalue weighted by molar-refractivity contribution is 6.04. The summed E-state index contributed by atoms with van der Waals surface area (Å²) in [5, 5.41) is 29.2. The van der Waals surface area contributed by atoms with Crippen molar-refractivity contribution in [1.82, 2.24) is 5.01 Å².